The maximum absolute atomic E-state index is 5.27. The Balaban J connectivity index is 2.28. The summed E-state index contributed by atoms with van der Waals surface area (Å²) in [4.78, 5) is 4.00. The van der Waals surface area contributed by atoms with Crippen LogP contribution < -0.4 is 5.32 Å². The minimum absolute atomic E-state index is 0.542. The van der Waals surface area contributed by atoms with Gasteiger partial charge in [0.15, 0.2) is 0 Å². The second-order valence-electron chi connectivity index (χ2n) is 2.32. The van der Waals surface area contributed by atoms with Gasteiger partial charge in [-0.25, -0.2) is 0 Å². The van der Waals surface area contributed by atoms with Crippen LogP contribution in [0.5, 0.6) is 0 Å². The average Bonchev–Trinajstić information content (AvgIpc) is 2.07. The highest BCUT2D eigenvalue weighted by molar-refractivity contribution is 5.08. The summed E-state index contributed by atoms with van der Waals surface area (Å²) in [6.07, 6.45) is 4.64. The predicted octanol–water partition coefficient (Wildman–Crippen LogP) is 0.925. The number of hydrogen-bond acceptors (Lipinski definition) is 2. The summed E-state index contributed by atoms with van der Waals surface area (Å²) in [5, 5.41) is 3.05. The second kappa shape index (κ2) is 4.85. The Bertz CT molecular complexity index is 184. The van der Waals surface area contributed by atoms with Crippen LogP contribution in [0.15, 0.2) is 24.5 Å². The molecule has 1 aromatic heterocycles. The van der Waals surface area contributed by atoms with Crippen molar-refractivity contribution in [3.05, 3.63) is 37.0 Å². The predicted molar refractivity (Wildman–Crippen MR) is 45.1 cm³/mol. The molecule has 0 fully saturated rings. The van der Waals surface area contributed by atoms with Crippen molar-refractivity contribution in [1.29, 1.82) is 0 Å². The van der Waals surface area contributed by atoms with Gasteiger partial charge in [0.1, 0.15) is 0 Å². The molecule has 1 heterocycles. The van der Waals surface area contributed by atoms with Crippen LogP contribution in [0, 0.1) is 6.92 Å². The van der Waals surface area contributed by atoms with Gasteiger partial charge in [0.05, 0.1) is 0 Å². The molecule has 0 bridgehead atoms. The number of aromatic nitrogens is 1. The Labute approximate surface area is 67.7 Å². The zero-order valence-electron chi connectivity index (χ0n) is 6.46. The lowest BCUT2D eigenvalue weighted by molar-refractivity contribution is 0.741. The van der Waals surface area contributed by atoms with Gasteiger partial charge in [-0.1, -0.05) is 6.07 Å². The summed E-state index contributed by atoms with van der Waals surface area (Å²) in [6.45, 7) is 6.73. The molecular weight excluding hydrogens is 136 g/mol. The van der Waals surface area contributed by atoms with Gasteiger partial charge in [0.25, 0.3) is 0 Å². The Kier molecular flexibility index (Phi) is 3.62. The fourth-order valence-corrected chi connectivity index (χ4v) is 0.881. The van der Waals surface area contributed by atoms with Gasteiger partial charge < -0.3 is 5.32 Å². The van der Waals surface area contributed by atoms with Crippen LogP contribution >= 0.6 is 0 Å². The molecule has 0 spiro atoms. The van der Waals surface area contributed by atoms with Gasteiger partial charge in [-0.2, -0.15) is 0 Å². The van der Waals surface area contributed by atoms with Gasteiger partial charge >= 0.3 is 0 Å². The minimum atomic E-state index is 0.542. The van der Waals surface area contributed by atoms with E-state index in [1.54, 1.807) is 6.20 Å². The van der Waals surface area contributed by atoms with Gasteiger partial charge in [-0.05, 0) is 38.1 Å². The summed E-state index contributed by atoms with van der Waals surface area (Å²) in [6, 6.07) is 4.00. The van der Waals surface area contributed by atoms with Crippen LogP contribution in [0.1, 0.15) is 5.56 Å². The lowest BCUT2D eigenvalue weighted by Crippen LogP contribution is -2.16. The molecule has 1 rings (SSSR count). The Morgan fingerprint density at radius 2 is 2.45 bits per heavy atom. The molecule has 0 aromatic carbocycles. The Morgan fingerprint density at radius 1 is 1.55 bits per heavy atom. The normalized spacial score (nSPS) is 9.91. The molecule has 58 valence electrons. The van der Waals surface area contributed by atoms with Crippen molar-refractivity contribution < 1.29 is 0 Å². The number of nitrogens with zero attached hydrogens (tertiary/aromatic N) is 1. The van der Waals surface area contributed by atoms with Crippen LogP contribution in [-0.4, -0.2) is 18.1 Å². The maximum atomic E-state index is 5.27. The molecule has 2 nitrogen and oxygen atoms in total. The highest BCUT2D eigenvalue weighted by Gasteiger charge is 1.89. The molecule has 0 saturated heterocycles. The fourth-order valence-electron chi connectivity index (χ4n) is 0.881. The van der Waals surface area contributed by atoms with E-state index < -0.39 is 0 Å². The zero-order valence-corrected chi connectivity index (χ0v) is 6.46. The average molecular weight is 148 g/mol. The smallest absolute Gasteiger partial charge is 0.0300 e. The molecule has 0 aliphatic heterocycles. The maximum Gasteiger partial charge on any atom is 0.0300 e. The van der Waals surface area contributed by atoms with Crippen molar-refractivity contribution in [2.45, 2.75) is 6.42 Å². The van der Waals surface area contributed by atoms with Crippen LogP contribution in [0.4, 0.5) is 0 Å². The minimum Gasteiger partial charge on any atom is -0.316 e. The van der Waals surface area contributed by atoms with Crippen molar-refractivity contribution in [1.82, 2.24) is 10.3 Å². The van der Waals surface area contributed by atoms with Crippen molar-refractivity contribution in [2.24, 2.45) is 0 Å². The van der Waals surface area contributed by atoms with Crippen molar-refractivity contribution >= 4 is 0 Å². The van der Waals surface area contributed by atoms with Crippen LogP contribution in [0.2, 0.25) is 0 Å². The Hall–Kier alpha value is -0.890. The highest BCUT2D eigenvalue weighted by atomic mass is 14.8. The second-order valence-corrected chi connectivity index (χ2v) is 2.32. The van der Waals surface area contributed by atoms with E-state index in [-0.39, 0.29) is 0 Å². The molecule has 0 saturated carbocycles. The Morgan fingerprint density at radius 3 is 3.09 bits per heavy atom. The first-order valence-corrected chi connectivity index (χ1v) is 3.73. The van der Waals surface area contributed by atoms with Crippen molar-refractivity contribution in [3.63, 3.8) is 0 Å². The molecule has 1 N–H and O–H groups in total. The molecule has 0 unspecified atom stereocenters. The third kappa shape index (κ3) is 3.14. The van der Waals surface area contributed by atoms with E-state index >= 15 is 0 Å². The van der Waals surface area contributed by atoms with Crippen molar-refractivity contribution in [3.8, 4) is 0 Å². The molecule has 0 amide bonds. The molecular formula is C9H12N2. The summed E-state index contributed by atoms with van der Waals surface area (Å²) in [5.41, 5.74) is 1.24. The third-order valence-corrected chi connectivity index (χ3v) is 1.46. The topological polar surface area (TPSA) is 24.9 Å². The lowest BCUT2D eigenvalue weighted by Gasteiger charge is -1.99. The number of hydrogen-bond donors (Lipinski definition) is 1. The van der Waals surface area contributed by atoms with Gasteiger partial charge in [-0.3, -0.25) is 4.98 Å². The number of nitrogens with one attached hydrogen (secondary N) is 1. The molecule has 1 aromatic rings. The van der Waals surface area contributed by atoms with Crippen LogP contribution in [0.3, 0.4) is 0 Å². The van der Waals surface area contributed by atoms with Crippen LogP contribution in [-0.2, 0) is 6.42 Å². The van der Waals surface area contributed by atoms with E-state index in [0.29, 0.717) is 6.54 Å². The van der Waals surface area contributed by atoms with E-state index in [0.717, 1.165) is 13.0 Å². The van der Waals surface area contributed by atoms with Gasteiger partial charge in [0, 0.05) is 12.4 Å². The lowest BCUT2D eigenvalue weighted by atomic mass is 10.2. The fraction of sp³-hybridized carbons (Fsp3) is 0.333. The first-order valence-electron chi connectivity index (χ1n) is 3.73. The van der Waals surface area contributed by atoms with Gasteiger partial charge in [-0.15, -0.1) is 0 Å². The molecule has 0 aliphatic rings. The molecule has 2 radical (unpaired) electrons. The first-order chi connectivity index (χ1) is 5.43. The summed E-state index contributed by atoms with van der Waals surface area (Å²) < 4.78 is 0. The van der Waals surface area contributed by atoms with E-state index in [9.17, 15) is 0 Å². The number of rotatable bonds is 4. The number of pyridine rings is 1. The summed E-state index contributed by atoms with van der Waals surface area (Å²) in [5.74, 6) is 0. The molecule has 0 atom stereocenters. The summed E-state index contributed by atoms with van der Waals surface area (Å²) >= 11 is 0. The zero-order chi connectivity index (χ0) is 7.94. The largest absolute Gasteiger partial charge is 0.316 e. The molecule has 11 heavy (non-hydrogen) atoms. The van der Waals surface area contributed by atoms with Gasteiger partial charge in [0.2, 0.25) is 0 Å². The highest BCUT2D eigenvalue weighted by Crippen LogP contribution is 1.94. The first kappa shape index (κ1) is 8.21. The molecule has 0 aliphatic carbocycles. The molecule has 2 heteroatoms. The standard InChI is InChI=1S/C9H12N2/c1-2-10-7-5-9-4-3-6-11-8-9/h1,3-4,6,8,10H,2,5,7H2. The van der Waals surface area contributed by atoms with E-state index in [4.69, 9.17) is 6.92 Å². The van der Waals surface area contributed by atoms with E-state index in [1.807, 2.05) is 12.3 Å². The SMILES string of the molecule is [CH]CNCCc1cccnc1. The monoisotopic (exact) mass is 148 g/mol. The van der Waals surface area contributed by atoms with Crippen molar-refractivity contribution in [2.75, 3.05) is 13.1 Å². The third-order valence-electron chi connectivity index (χ3n) is 1.46. The van der Waals surface area contributed by atoms with Crippen LogP contribution in [0.25, 0.3) is 0 Å². The summed E-state index contributed by atoms with van der Waals surface area (Å²) in [7, 11) is 0. The quantitative estimate of drug-likeness (QED) is 0.642. The van der Waals surface area contributed by atoms with E-state index in [2.05, 4.69) is 16.4 Å². The van der Waals surface area contributed by atoms with E-state index in [1.165, 1.54) is 5.56 Å².